The van der Waals surface area contributed by atoms with Crippen molar-refractivity contribution < 1.29 is 14.3 Å². The Kier molecular flexibility index (Phi) is 6.97. The van der Waals surface area contributed by atoms with Gasteiger partial charge in [-0.3, -0.25) is 9.69 Å². The lowest BCUT2D eigenvalue weighted by molar-refractivity contribution is -0.139. The van der Waals surface area contributed by atoms with E-state index in [0.29, 0.717) is 5.92 Å². The number of methoxy groups -OCH3 is 1. The van der Waals surface area contributed by atoms with Gasteiger partial charge in [-0.15, -0.1) is 0 Å². The maximum atomic E-state index is 11.4. The Morgan fingerprint density at radius 1 is 1.09 bits per heavy atom. The molecular weight excluding hydrogens is 448 g/mol. The zero-order chi connectivity index (χ0) is 23.3. The highest BCUT2D eigenvalue weighted by Crippen LogP contribution is 2.42. The SMILES string of the molecule is COC(=O)Cc1ccc(OCC2CCN(Cc3ccc4c(c3)Nc3nccnc3S4)CC2)cc1. The number of aromatic nitrogens is 2. The first-order chi connectivity index (χ1) is 16.7. The lowest BCUT2D eigenvalue weighted by Crippen LogP contribution is -2.35. The van der Waals surface area contributed by atoms with Crippen LogP contribution >= 0.6 is 11.8 Å². The van der Waals surface area contributed by atoms with E-state index >= 15 is 0 Å². The molecule has 1 saturated heterocycles. The van der Waals surface area contributed by atoms with Crippen LogP contribution in [0.1, 0.15) is 24.0 Å². The number of rotatable bonds is 7. The van der Waals surface area contributed by atoms with Crippen LogP contribution in [-0.4, -0.2) is 47.6 Å². The van der Waals surface area contributed by atoms with Gasteiger partial charge in [0.15, 0.2) is 5.82 Å². The summed E-state index contributed by atoms with van der Waals surface area (Å²) in [5, 5.41) is 4.34. The molecule has 1 fully saturated rings. The number of carbonyl (C=O) groups excluding carboxylic acids is 1. The van der Waals surface area contributed by atoms with Gasteiger partial charge in [-0.1, -0.05) is 30.0 Å². The van der Waals surface area contributed by atoms with Crippen molar-refractivity contribution in [3.63, 3.8) is 0 Å². The highest BCUT2D eigenvalue weighted by atomic mass is 32.2. The van der Waals surface area contributed by atoms with Crippen molar-refractivity contribution in [2.24, 2.45) is 5.92 Å². The summed E-state index contributed by atoms with van der Waals surface area (Å²) in [7, 11) is 1.41. The quantitative estimate of drug-likeness (QED) is 0.385. The molecule has 8 heteroatoms. The van der Waals surface area contributed by atoms with E-state index in [1.807, 2.05) is 24.3 Å². The number of esters is 1. The van der Waals surface area contributed by atoms with Gasteiger partial charge in [-0.25, -0.2) is 9.97 Å². The van der Waals surface area contributed by atoms with Gasteiger partial charge in [0, 0.05) is 23.8 Å². The van der Waals surface area contributed by atoms with Crippen molar-refractivity contribution in [2.75, 3.05) is 32.1 Å². The van der Waals surface area contributed by atoms with Crippen LogP contribution in [0.25, 0.3) is 0 Å². The minimum absolute atomic E-state index is 0.231. The zero-order valence-electron chi connectivity index (χ0n) is 19.2. The highest BCUT2D eigenvalue weighted by molar-refractivity contribution is 7.99. The Balaban J connectivity index is 1.08. The topological polar surface area (TPSA) is 76.6 Å². The number of fused-ring (bicyclic) bond motifs is 2. The molecule has 0 unspecified atom stereocenters. The molecule has 5 rings (SSSR count). The van der Waals surface area contributed by atoms with E-state index in [1.165, 1.54) is 17.6 Å². The van der Waals surface area contributed by atoms with Gasteiger partial charge >= 0.3 is 5.97 Å². The number of hydrogen-bond acceptors (Lipinski definition) is 8. The summed E-state index contributed by atoms with van der Waals surface area (Å²) in [6.45, 7) is 3.81. The number of ether oxygens (including phenoxy) is 2. The third kappa shape index (κ3) is 5.51. The Labute approximate surface area is 203 Å². The number of likely N-dealkylation sites (tertiary alicyclic amines) is 1. The molecule has 176 valence electrons. The second-order valence-corrected chi connectivity index (χ2v) is 9.73. The van der Waals surface area contributed by atoms with Crippen LogP contribution in [0.4, 0.5) is 11.5 Å². The molecule has 0 amide bonds. The van der Waals surface area contributed by atoms with Crippen molar-refractivity contribution in [3.8, 4) is 5.75 Å². The van der Waals surface area contributed by atoms with E-state index in [4.69, 9.17) is 9.47 Å². The molecule has 0 saturated carbocycles. The minimum Gasteiger partial charge on any atom is -0.493 e. The molecule has 7 nitrogen and oxygen atoms in total. The van der Waals surface area contributed by atoms with Crippen LogP contribution < -0.4 is 10.1 Å². The van der Waals surface area contributed by atoms with Crippen molar-refractivity contribution in [1.29, 1.82) is 0 Å². The molecule has 0 radical (unpaired) electrons. The number of anilines is 2. The summed E-state index contributed by atoms with van der Waals surface area (Å²) >= 11 is 1.66. The second-order valence-electron chi connectivity index (χ2n) is 8.70. The van der Waals surface area contributed by atoms with Crippen molar-refractivity contribution in [1.82, 2.24) is 14.9 Å². The summed E-state index contributed by atoms with van der Waals surface area (Å²) in [5.41, 5.74) is 3.35. The largest absolute Gasteiger partial charge is 0.493 e. The molecule has 2 aromatic carbocycles. The van der Waals surface area contributed by atoms with E-state index in [-0.39, 0.29) is 12.4 Å². The molecule has 2 aliphatic rings. The van der Waals surface area contributed by atoms with Gasteiger partial charge in [0.2, 0.25) is 0 Å². The predicted molar refractivity (Wildman–Crippen MR) is 132 cm³/mol. The molecular formula is C26H28N4O3S. The van der Waals surface area contributed by atoms with Crippen LogP contribution in [0.3, 0.4) is 0 Å². The Hall–Kier alpha value is -3.10. The van der Waals surface area contributed by atoms with Crippen LogP contribution in [-0.2, 0) is 22.5 Å². The lowest BCUT2D eigenvalue weighted by atomic mass is 9.97. The standard InChI is InChI=1S/C26H28N4O3S/c1-32-24(31)15-18-2-5-21(6-3-18)33-17-19-8-12-30(13-9-19)16-20-4-7-23-22(14-20)29-25-26(34-23)28-11-10-27-25/h2-7,10-11,14,19H,8-9,12-13,15-17H2,1H3,(H,27,29). The third-order valence-corrected chi connectivity index (χ3v) is 7.33. The average molecular weight is 477 g/mol. The Morgan fingerprint density at radius 3 is 2.65 bits per heavy atom. The third-order valence-electron chi connectivity index (χ3n) is 6.27. The van der Waals surface area contributed by atoms with Crippen molar-refractivity contribution in [3.05, 3.63) is 66.0 Å². The molecule has 0 aliphatic carbocycles. The van der Waals surface area contributed by atoms with Crippen LogP contribution in [0, 0.1) is 5.92 Å². The monoisotopic (exact) mass is 476 g/mol. The minimum atomic E-state index is -0.231. The molecule has 2 aliphatic heterocycles. The summed E-state index contributed by atoms with van der Waals surface area (Å²) in [5.74, 6) is 2.01. The number of nitrogens with one attached hydrogen (secondary N) is 1. The number of piperidine rings is 1. The van der Waals surface area contributed by atoms with Gasteiger partial charge in [-0.05, 0) is 67.2 Å². The number of carbonyl (C=O) groups is 1. The van der Waals surface area contributed by atoms with E-state index in [1.54, 1.807) is 24.2 Å². The highest BCUT2D eigenvalue weighted by Gasteiger charge is 2.22. The van der Waals surface area contributed by atoms with Gasteiger partial charge < -0.3 is 14.8 Å². The fraction of sp³-hybridized carbons (Fsp3) is 0.346. The molecule has 1 aromatic heterocycles. The summed E-state index contributed by atoms with van der Waals surface area (Å²) in [6, 6.07) is 14.3. The van der Waals surface area contributed by atoms with Crippen molar-refractivity contribution in [2.45, 2.75) is 35.7 Å². The first kappa shape index (κ1) is 22.7. The Bertz CT molecular complexity index is 1150. The maximum absolute atomic E-state index is 11.4. The molecule has 0 bridgehead atoms. The van der Waals surface area contributed by atoms with E-state index in [9.17, 15) is 4.79 Å². The smallest absolute Gasteiger partial charge is 0.309 e. The fourth-order valence-corrected chi connectivity index (χ4v) is 5.18. The maximum Gasteiger partial charge on any atom is 0.309 e. The van der Waals surface area contributed by atoms with Gasteiger partial charge in [-0.2, -0.15) is 0 Å². The van der Waals surface area contributed by atoms with Gasteiger partial charge in [0.1, 0.15) is 10.8 Å². The number of nitrogens with zero attached hydrogens (tertiary/aromatic N) is 3. The normalized spacial score (nSPS) is 15.7. The second kappa shape index (κ2) is 10.4. The molecule has 34 heavy (non-hydrogen) atoms. The molecule has 3 heterocycles. The van der Waals surface area contributed by atoms with Crippen molar-refractivity contribution >= 4 is 29.2 Å². The number of hydrogen-bond donors (Lipinski definition) is 1. The van der Waals surface area contributed by atoms with E-state index < -0.39 is 0 Å². The van der Waals surface area contributed by atoms with Gasteiger partial charge in [0.05, 0.1) is 25.8 Å². The first-order valence-corrected chi connectivity index (χ1v) is 12.4. The van der Waals surface area contributed by atoms with Crippen LogP contribution in [0.15, 0.2) is 64.8 Å². The molecule has 0 atom stereocenters. The molecule has 0 spiro atoms. The zero-order valence-corrected chi connectivity index (χ0v) is 20.0. The van der Waals surface area contributed by atoms with E-state index in [2.05, 4.69) is 38.4 Å². The molecule has 1 N–H and O–H groups in total. The first-order valence-electron chi connectivity index (χ1n) is 11.6. The predicted octanol–water partition coefficient (Wildman–Crippen LogP) is 4.69. The molecule has 3 aromatic rings. The summed E-state index contributed by atoms with van der Waals surface area (Å²) < 4.78 is 10.7. The lowest BCUT2D eigenvalue weighted by Gasteiger charge is -2.32. The summed E-state index contributed by atoms with van der Waals surface area (Å²) in [4.78, 5) is 23.9. The average Bonchev–Trinajstić information content (AvgIpc) is 2.88. The van der Waals surface area contributed by atoms with E-state index in [0.717, 1.165) is 66.9 Å². The summed E-state index contributed by atoms with van der Waals surface area (Å²) in [6.07, 6.45) is 5.99. The van der Waals surface area contributed by atoms with Crippen LogP contribution in [0.2, 0.25) is 0 Å². The van der Waals surface area contributed by atoms with Crippen LogP contribution in [0.5, 0.6) is 5.75 Å². The van der Waals surface area contributed by atoms with Gasteiger partial charge in [0.25, 0.3) is 0 Å². The Morgan fingerprint density at radius 2 is 1.85 bits per heavy atom. The number of benzene rings is 2. The fourth-order valence-electron chi connectivity index (χ4n) is 4.31.